The molecule has 0 saturated heterocycles. The molecule has 0 atom stereocenters. The molecule has 2 rings (SSSR count). The molecule has 0 aromatic heterocycles. The second kappa shape index (κ2) is 7.62. The fraction of sp³-hybridized carbons (Fsp3) is 0.474. The van der Waals surface area contributed by atoms with Crippen LogP contribution in [0.15, 0.2) is 30.8 Å². The summed E-state index contributed by atoms with van der Waals surface area (Å²) in [7, 11) is 0. The van der Waals surface area contributed by atoms with Gasteiger partial charge in [0.25, 0.3) is 5.91 Å². The van der Waals surface area contributed by atoms with Gasteiger partial charge in [0.1, 0.15) is 6.54 Å². The molecule has 5 nitrogen and oxygen atoms in total. The number of hydrogen-bond acceptors (Lipinski definition) is 3. The molecule has 0 radical (unpaired) electrons. The minimum Gasteiger partial charge on any atom is -0.388 e. The Balaban J connectivity index is 1.96. The Hall–Kier alpha value is -2.14. The molecule has 1 aliphatic rings. The molecule has 0 spiro atoms. The Morgan fingerprint density at radius 1 is 1.21 bits per heavy atom. The van der Waals surface area contributed by atoms with Gasteiger partial charge in [-0.3, -0.25) is 14.5 Å². The number of aliphatic hydroxyl groups is 1. The third kappa shape index (κ3) is 3.85. The lowest BCUT2D eigenvalue weighted by atomic mass is 9.92. The van der Waals surface area contributed by atoms with E-state index in [0.717, 1.165) is 18.4 Å². The number of benzene rings is 1. The van der Waals surface area contributed by atoms with E-state index >= 15 is 0 Å². The zero-order chi connectivity index (χ0) is 17.7. The zero-order valence-corrected chi connectivity index (χ0v) is 14.5. The van der Waals surface area contributed by atoms with Crippen LogP contribution in [0.4, 0.5) is 0 Å². The SMILES string of the molecule is C=C1c2ccccc2C(=O)N1CC(=O)NCC(O)(CCC)CCC. The zero-order valence-electron chi connectivity index (χ0n) is 14.5. The van der Waals surface area contributed by atoms with Crippen LogP contribution in [0.1, 0.15) is 55.5 Å². The highest BCUT2D eigenvalue weighted by atomic mass is 16.3. The number of hydrogen-bond donors (Lipinski definition) is 2. The van der Waals surface area contributed by atoms with Crippen molar-refractivity contribution in [3.8, 4) is 0 Å². The normalized spacial score (nSPS) is 14.0. The second-order valence-electron chi connectivity index (χ2n) is 6.38. The second-order valence-corrected chi connectivity index (χ2v) is 6.38. The molecule has 0 aliphatic carbocycles. The lowest BCUT2D eigenvalue weighted by molar-refractivity contribution is -0.122. The first kappa shape index (κ1) is 18.2. The first-order valence-electron chi connectivity index (χ1n) is 8.51. The third-order valence-corrected chi connectivity index (χ3v) is 4.39. The van der Waals surface area contributed by atoms with Crippen molar-refractivity contribution in [2.75, 3.05) is 13.1 Å². The van der Waals surface area contributed by atoms with Crippen molar-refractivity contribution < 1.29 is 14.7 Å². The van der Waals surface area contributed by atoms with Crippen molar-refractivity contribution in [3.05, 3.63) is 42.0 Å². The smallest absolute Gasteiger partial charge is 0.259 e. The maximum atomic E-state index is 12.4. The monoisotopic (exact) mass is 330 g/mol. The van der Waals surface area contributed by atoms with Gasteiger partial charge in [-0.25, -0.2) is 0 Å². The highest BCUT2D eigenvalue weighted by molar-refractivity contribution is 6.10. The number of nitrogens with zero attached hydrogens (tertiary/aromatic N) is 1. The summed E-state index contributed by atoms with van der Waals surface area (Å²) in [6.07, 6.45) is 2.98. The van der Waals surface area contributed by atoms with E-state index in [1.165, 1.54) is 4.90 Å². The largest absolute Gasteiger partial charge is 0.388 e. The fourth-order valence-electron chi connectivity index (χ4n) is 3.20. The minimum absolute atomic E-state index is 0.0827. The Morgan fingerprint density at radius 2 is 1.79 bits per heavy atom. The summed E-state index contributed by atoms with van der Waals surface area (Å²) >= 11 is 0. The molecule has 1 aromatic carbocycles. The van der Waals surface area contributed by atoms with Crippen molar-refractivity contribution in [1.82, 2.24) is 10.2 Å². The van der Waals surface area contributed by atoms with Gasteiger partial charge < -0.3 is 10.4 Å². The van der Waals surface area contributed by atoms with Crippen molar-refractivity contribution in [3.63, 3.8) is 0 Å². The highest BCUT2D eigenvalue weighted by Crippen LogP contribution is 2.30. The number of amides is 2. The van der Waals surface area contributed by atoms with Gasteiger partial charge in [0.05, 0.1) is 5.60 Å². The summed E-state index contributed by atoms with van der Waals surface area (Å²) in [4.78, 5) is 26.0. The molecular formula is C19H26N2O3. The molecule has 2 N–H and O–H groups in total. The van der Waals surface area contributed by atoms with Gasteiger partial charge in [-0.1, -0.05) is 51.5 Å². The standard InChI is InChI=1S/C19H26N2O3/c1-4-10-19(24,11-5-2)13-20-17(22)12-21-14(3)15-8-6-7-9-16(15)18(21)23/h6-9,24H,3-5,10-13H2,1-2H3,(H,20,22). The summed E-state index contributed by atoms with van der Waals surface area (Å²) in [5.74, 6) is -0.494. The van der Waals surface area contributed by atoms with E-state index in [9.17, 15) is 14.7 Å². The van der Waals surface area contributed by atoms with Gasteiger partial charge in [-0.05, 0) is 18.9 Å². The number of carbonyl (C=O) groups is 2. The molecule has 1 aliphatic heterocycles. The first-order valence-corrected chi connectivity index (χ1v) is 8.51. The lowest BCUT2D eigenvalue weighted by Crippen LogP contribution is -2.46. The van der Waals surface area contributed by atoms with E-state index in [1.807, 2.05) is 26.0 Å². The number of fused-ring (bicyclic) bond motifs is 1. The van der Waals surface area contributed by atoms with Crippen molar-refractivity contribution in [2.24, 2.45) is 0 Å². The maximum Gasteiger partial charge on any atom is 0.259 e. The van der Waals surface area contributed by atoms with E-state index in [2.05, 4.69) is 11.9 Å². The summed E-state index contributed by atoms with van der Waals surface area (Å²) < 4.78 is 0. The number of nitrogens with one attached hydrogen (secondary N) is 1. The summed E-state index contributed by atoms with van der Waals surface area (Å²) in [5.41, 5.74) is 1.00. The Labute approximate surface area is 143 Å². The van der Waals surface area contributed by atoms with Crippen molar-refractivity contribution >= 4 is 17.5 Å². The average Bonchev–Trinajstić information content (AvgIpc) is 2.79. The van der Waals surface area contributed by atoms with Crippen LogP contribution in [0.3, 0.4) is 0 Å². The lowest BCUT2D eigenvalue weighted by Gasteiger charge is -2.28. The molecule has 0 unspecified atom stereocenters. The van der Waals surface area contributed by atoms with Gasteiger partial charge >= 0.3 is 0 Å². The Morgan fingerprint density at radius 3 is 2.33 bits per heavy atom. The third-order valence-electron chi connectivity index (χ3n) is 4.39. The van der Waals surface area contributed by atoms with E-state index in [4.69, 9.17) is 0 Å². The van der Waals surface area contributed by atoms with Crippen LogP contribution in [-0.4, -0.2) is 40.5 Å². The van der Waals surface area contributed by atoms with Gasteiger partial charge in [-0.2, -0.15) is 0 Å². The number of carbonyl (C=O) groups excluding carboxylic acids is 2. The van der Waals surface area contributed by atoms with Crippen LogP contribution >= 0.6 is 0 Å². The van der Waals surface area contributed by atoms with E-state index in [1.54, 1.807) is 12.1 Å². The molecule has 130 valence electrons. The van der Waals surface area contributed by atoms with Crippen LogP contribution < -0.4 is 5.32 Å². The van der Waals surface area contributed by atoms with E-state index in [-0.39, 0.29) is 24.9 Å². The molecule has 1 aromatic rings. The minimum atomic E-state index is -0.881. The molecule has 0 bridgehead atoms. The van der Waals surface area contributed by atoms with Gasteiger partial charge in [0, 0.05) is 23.4 Å². The summed E-state index contributed by atoms with van der Waals surface area (Å²) in [6.45, 7) is 8.06. The molecule has 1 heterocycles. The van der Waals surface area contributed by atoms with Crippen LogP contribution in [0.2, 0.25) is 0 Å². The quantitative estimate of drug-likeness (QED) is 0.769. The molecule has 0 saturated carbocycles. The molecule has 5 heteroatoms. The van der Waals surface area contributed by atoms with Crippen LogP contribution in [0.25, 0.3) is 5.70 Å². The van der Waals surface area contributed by atoms with Gasteiger partial charge in [0.15, 0.2) is 0 Å². The molecular weight excluding hydrogens is 304 g/mol. The summed E-state index contributed by atoms with van der Waals surface area (Å²) in [6, 6.07) is 7.20. The predicted molar refractivity (Wildman–Crippen MR) is 94.3 cm³/mol. The fourth-order valence-corrected chi connectivity index (χ4v) is 3.20. The predicted octanol–water partition coefficient (Wildman–Crippen LogP) is 2.56. The van der Waals surface area contributed by atoms with Crippen molar-refractivity contribution in [1.29, 1.82) is 0 Å². The van der Waals surface area contributed by atoms with Crippen LogP contribution in [-0.2, 0) is 4.79 Å². The van der Waals surface area contributed by atoms with Gasteiger partial charge in [-0.15, -0.1) is 0 Å². The first-order chi connectivity index (χ1) is 11.4. The number of rotatable bonds is 8. The molecule has 24 heavy (non-hydrogen) atoms. The van der Waals surface area contributed by atoms with Gasteiger partial charge in [0.2, 0.25) is 5.91 Å². The molecule has 0 fully saturated rings. The van der Waals surface area contributed by atoms with Crippen LogP contribution in [0.5, 0.6) is 0 Å². The average molecular weight is 330 g/mol. The molecule has 2 amide bonds. The Kier molecular flexibility index (Phi) is 5.78. The topological polar surface area (TPSA) is 69.6 Å². The van der Waals surface area contributed by atoms with E-state index < -0.39 is 5.60 Å². The summed E-state index contributed by atoms with van der Waals surface area (Å²) in [5, 5.41) is 13.3. The van der Waals surface area contributed by atoms with E-state index in [0.29, 0.717) is 24.1 Å². The maximum absolute atomic E-state index is 12.4. The van der Waals surface area contributed by atoms with Crippen molar-refractivity contribution in [2.45, 2.75) is 45.1 Å². The van der Waals surface area contributed by atoms with Crippen LogP contribution in [0, 0.1) is 0 Å². The Bertz CT molecular complexity index is 598. The highest BCUT2D eigenvalue weighted by Gasteiger charge is 2.32.